The third kappa shape index (κ3) is 8.87. The Bertz CT molecular complexity index is 1670. The molecule has 0 amide bonds. The summed E-state index contributed by atoms with van der Waals surface area (Å²) < 4.78 is 56.8. The van der Waals surface area contributed by atoms with Gasteiger partial charge in [-0.1, -0.05) is 68.8 Å². The van der Waals surface area contributed by atoms with Crippen molar-refractivity contribution in [3.05, 3.63) is 144 Å². The largest absolute Gasteiger partial charge is 0.305 e. The molecule has 0 aliphatic heterocycles. The van der Waals surface area contributed by atoms with Crippen LogP contribution in [0, 0.1) is 24.4 Å². The maximum Gasteiger partial charge on any atom is 0.0365 e. The van der Waals surface area contributed by atoms with Crippen LogP contribution in [0.15, 0.2) is 109 Å². The van der Waals surface area contributed by atoms with Crippen LogP contribution in [0.2, 0.25) is 0 Å². The molecule has 2 heterocycles. The number of pyridine rings is 2. The molecule has 2 aromatic heterocycles. The average molecular weight is 682 g/mol. The van der Waals surface area contributed by atoms with Crippen molar-refractivity contribution in [2.24, 2.45) is 5.41 Å². The van der Waals surface area contributed by atoms with Crippen molar-refractivity contribution in [1.29, 1.82) is 0 Å². The van der Waals surface area contributed by atoms with E-state index in [0.717, 1.165) is 11.3 Å². The summed E-state index contributed by atoms with van der Waals surface area (Å²) >= 11 is 0. The first-order valence-electron chi connectivity index (χ1n) is 15.6. The summed E-state index contributed by atoms with van der Waals surface area (Å²) in [6.45, 7) is 2.85. The summed E-state index contributed by atoms with van der Waals surface area (Å²) in [4.78, 5) is 8.53. The first kappa shape index (κ1) is 20.6. The molecule has 195 valence electrons. The Balaban J connectivity index is 0.000000241. The van der Waals surface area contributed by atoms with Gasteiger partial charge in [0.05, 0.1) is 0 Å². The Kier molecular flexibility index (Phi) is 7.55. The Hall–Kier alpha value is -3.39. The van der Waals surface area contributed by atoms with Gasteiger partial charge in [0.15, 0.2) is 0 Å². The maximum atomic E-state index is 8.48. The second-order valence-electron chi connectivity index (χ2n) is 9.46. The van der Waals surface area contributed by atoms with Gasteiger partial charge in [0, 0.05) is 42.1 Å². The van der Waals surface area contributed by atoms with E-state index in [1.807, 2.05) is 60.7 Å². The van der Waals surface area contributed by atoms with E-state index in [-0.39, 0.29) is 31.2 Å². The average Bonchev–Trinajstić information content (AvgIpc) is 3.01. The zero-order chi connectivity index (χ0) is 32.2. The molecule has 0 aliphatic rings. The van der Waals surface area contributed by atoms with Gasteiger partial charge in [-0.15, -0.1) is 71.8 Å². The molecule has 38 heavy (non-hydrogen) atoms. The van der Waals surface area contributed by atoms with Crippen LogP contribution in [0.1, 0.15) is 52.6 Å². The standard InChI is InChI=1S/C18H14N.C17H20N.Ir/c1-3-7-15(8-4-1)13-16-11-12-19-18(14-16)17-9-5-2-6-10-17;1-13-12-18-16(14-8-6-5-7-9-14)10-15(13)11-17(2,3)4;/h1-9,11-12,14H,13H2;5-8,10,12H,11H2,1-4H3;/q2*-1;/i13D2;1D3,11D2;. The van der Waals surface area contributed by atoms with Gasteiger partial charge in [-0.25, -0.2) is 0 Å². The van der Waals surface area contributed by atoms with Crippen LogP contribution in [-0.2, 0) is 32.9 Å². The van der Waals surface area contributed by atoms with E-state index in [0.29, 0.717) is 22.4 Å². The first-order valence-corrected chi connectivity index (χ1v) is 12.1. The summed E-state index contributed by atoms with van der Waals surface area (Å²) in [7, 11) is 0. The van der Waals surface area contributed by atoms with Crippen LogP contribution >= 0.6 is 0 Å². The number of aryl methyl sites for hydroxylation is 1. The van der Waals surface area contributed by atoms with Crippen LogP contribution < -0.4 is 0 Å². The van der Waals surface area contributed by atoms with Crippen LogP contribution in [0.5, 0.6) is 0 Å². The minimum absolute atomic E-state index is 0. The van der Waals surface area contributed by atoms with Gasteiger partial charge in [-0.2, -0.15) is 0 Å². The molecule has 1 radical (unpaired) electrons. The van der Waals surface area contributed by atoms with E-state index in [4.69, 9.17) is 9.60 Å². The van der Waals surface area contributed by atoms with Crippen LogP contribution in [-0.4, -0.2) is 9.97 Å². The minimum atomic E-state index is -2.42. The molecule has 0 bridgehead atoms. The van der Waals surface area contributed by atoms with Crippen LogP contribution in [0.3, 0.4) is 0 Å². The van der Waals surface area contributed by atoms with Crippen LogP contribution in [0.4, 0.5) is 0 Å². The fourth-order valence-electron chi connectivity index (χ4n) is 3.56. The molecule has 0 fully saturated rings. The molecule has 3 heteroatoms. The summed E-state index contributed by atoms with van der Waals surface area (Å²) in [5.41, 5.74) is 3.40. The maximum absolute atomic E-state index is 8.48. The molecule has 2 nitrogen and oxygen atoms in total. The van der Waals surface area contributed by atoms with Crippen molar-refractivity contribution >= 4 is 0 Å². The summed E-state index contributed by atoms with van der Waals surface area (Å²) in [5.74, 6) is 0. The number of hydrogen-bond donors (Lipinski definition) is 0. The number of rotatable bonds is 5. The predicted octanol–water partition coefficient (Wildman–Crippen LogP) is 8.58. The molecule has 5 aromatic rings. The quantitative estimate of drug-likeness (QED) is 0.174. The third-order valence-corrected chi connectivity index (χ3v) is 5.21. The number of nitrogens with zero attached hydrogens (tertiary/aromatic N) is 2. The molecule has 0 N–H and O–H groups in total. The normalized spacial score (nSPS) is 14.4. The second kappa shape index (κ2) is 14.0. The van der Waals surface area contributed by atoms with E-state index in [1.165, 1.54) is 6.20 Å². The van der Waals surface area contributed by atoms with E-state index >= 15 is 0 Å². The molecule has 0 saturated carbocycles. The fraction of sp³-hybridized carbons (Fsp3) is 0.200. The van der Waals surface area contributed by atoms with Gasteiger partial charge in [0.1, 0.15) is 0 Å². The SMILES string of the molecule is [2H]C([2H])([2H])c1cnc(-c2[c-]cccc2)cc1C([2H])([2H])C(C)(C)C.[2H]C([2H])(c1ccccc1)c1ccnc(-c2[c-]cccc2)c1.[Ir]. The van der Waals surface area contributed by atoms with Crippen molar-refractivity contribution in [2.75, 3.05) is 0 Å². The van der Waals surface area contributed by atoms with Gasteiger partial charge in [-0.3, -0.25) is 0 Å². The van der Waals surface area contributed by atoms with E-state index in [1.54, 1.807) is 63.4 Å². The summed E-state index contributed by atoms with van der Waals surface area (Å²) in [6, 6.07) is 35.2. The molecule has 0 aliphatic carbocycles. The zero-order valence-corrected chi connectivity index (χ0v) is 24.0. The van der Waals surface area contributed by atoms with Crippen molar-refractivity contribution in [3.8, 4) is 22.5 Å². The van der Waals surface area contributed by atoms with Gasteiger partial charge >= 0.3 is 0 Å². The molecule has 5 rings (SSSR count). The molecule has 3 aromatic carbocycles. The van der Waals surface area contributed by atoms with E-state index in [2.05, 4.69) is 22.1 Å². The van der Waals surface area contributed by atoms with Crippen molar-refractivity contribution < 1.29 is 29.7 Å². The molecular formula is C35H34IrN2-2. The topological polar surface area (TPSA) is 25.8 Å². The zero-order valence-electron chi connectivity index (χ0n) is 28.6. The smallest absolute Gasteiger partial charge is 0.0365 e. The van der Waals surface area contributed by atoms with E-state index < -0.39 is 25.0 Å². The van der Waals surface area contributed by atoms with Crippen molar-refractivity contribution in [1.82, 2.24) is 9.97 Å². The molecule has 0 unspecified atom stereocenters. The fourth-order valence-corrected chi connectivity index (χ4v) is 3.56. The molecule has 0 spiro atoms. The van der Waals surface area contributed by atoms with Gasteiger partial charge in [-0.05, 0) is 59.2 Å². The Morgan fingerprint density at radius 1 is 0.763 bits per heavy atom. The van der Waals surface area contributed by atoms with Gasteiger partial charge in [0.25, 0.3) is 0 Å². The second-order valence-corrected chi connectivity index (χ2v) is 9.46. The third-order valence-electron chi connectivity index (χ3n) is 5.21. The van der Waals surface area contributed by atoms with Crippen molar-refractivity contribution in [3.63, 3.8) is 0 Å². The number of aromatic nitrogens is 2. The Morgan fingerprint density at radius 3 is 1.97 bits per heavy atom. The summed E-state index contributed by atoms with van der Waals surface area (Å²) in [6.07, 6.45) is -0.453. The van der Waals surface area contributed by atoms with Crippen LogP contribution in [0.25, 0.3) is 22.5 Å². The molecule has 0 atom stereocenters. The van der Waals surface area contributed by atoms with Crippen molar-refractivity contribution in [2.45, 2.75) is 40.4 Å². The van der Waals surface area contributed by atoms with Gasteiger partial charge in [0.2, 0.25) is 0 Å². The Morgan fingerprint density at radius 2 is 1.39 bits per heavy atom. The van der Waals surface area contributed by atoms with E-state index in [9.17, 15) is 0 Å². The molecular weight excluding hydrogens is 641 g/mol. The monoisotopic (exact) mass is 682 g/mol. The number of hydrogen-bond acceptors (Lipinski definition) is 2. The molecule has 0 saturated heterocycles. The number of benzene rings is 3. The predicted molar refractivity (Wildman–Crippen MR) is 154 cm³/mol. The summed E-state index contributed by atoms with van der Waals surface area (Å²) in [5, 5.41) is 0. The van der Waals surface area contributed by atoms with Gasteiger partial charge < -0.3 is 9.97 Å². The Labute approximate surface area is 251 Å². The first-order chi connectivity index (χ1) is 20.6. The minimum Gasteiger partial charge on any atom is -0.305 e.